The van der Waals surface area contributed by atoms with Crippen LogP contribution in [-0.2, 0) is 17.6 Å². The molecule has 6 heteroatoms. The van der Waals surface area contributed by atoms with E-state index in [2.05, 4.69) is 0 Å². The zero-order chi connectivity index (χ0) is 17.7. The number of hydrogen-bond acceptors (Lipinski definition) is 1. The van der Waals surface area contributed by atoms with Crippen LogP contribution in [0.2, 0.25) is 0 Å². The summed E-state index contributed by atoms with van der Waals surface area (Å²) in [6, 6.07) is 0. The average Bonchev–Trinajstić information content (AvgIpc) is 2.92. The van der Waals surface area contributed by atoms with Crippen LogP contribution in [-0.4, -0.2) is 11.1 Å². The van der Waals surface area contributed by atoms with Gasteiger partial charge in [0.15, 0.2) is 23.3 Å². The molecule has 1 fully saturated rings. The van der Waals surface area contributed by atoms with Gasteiger partial charge in [0.05, 0.1) is 5.41 Å². The Morgan fingerprint density at radius 1 is 1.13 bits per heavy atom. The lowest BCUT2D eigenvalue weighted by molar-refractivity contribution is -0.145. The maximum absolute atomic E-state index is 14.2. The molecule has 2 atom stereocenters. The average molecular weight is 328 g/mol. The largest absolute Gasteiger partial charge is 0.481 e. The van der Waals surface area contributed by atoms with Crippen molar-refractivity contribution in [3.8, 4) is 12.3 Å². The van der Waals surface area contributed by atoms with E-state index in [-0.39, 0.29) is 0 Å². The number of carboxylic acids is 1. The van der Waals surface area contributed by atoms with Crippen molar-refractivity contribution in [2.24, 2.45) is 16.7 Å². The highest BCUT2D eigenvalue weighted by molar-refractivity contribution is 5.81. The van der Waals surface area contributed by atoms with Crippen molar-refractivity contribution in [1.82, 2.24) is 0 Å². The first-order chi connectivity index (χ1) is 10.5. The van der Waals surface area contributed by atoms with Gasteiger partial charge in [-0.1, -0.05) is 20.8 Å². The fourth-order valence-electron chi connectivity index (χ4n) is 3.46. The van der Waals surface area contributed by atoms with Gasteiger partial charge >= 0.3 is 5.97 Å². The van der Waals surface area contributed by atoms with Crippen molar-refractivity contribution in [3.63, 3.8) is 0 Å². The van der Waals surface area contributed by atoms with E-state index >= 15 is 0 Å². The Balaban J connectivity index is 2.59. The summed E-state index contributed by atoms with van der Waals surface area (Å²) in [6.45, 7) is 4.91. The number of hydrogen-bond donors (Lipinski definition) is 1. The van der Waals surface area contributed by atoms with E-state index in [0.29, 0.717) is 0 Å². The van der Waals surface area contributed by atoms with Crippen molar-refractivity contribution in [2.45, 2.75) is 33.6 Å². The highest BCUT2D eigenvalue weighted by Gasteiger charge is 2.73. The summed E-state index contributed by atoms with van der Waals surface area (Å²) in [5.74, 6) is -6.01. The Hall–Kier alpha value is -2.03. The number of carboxylic acid groups (broad SMARTS) is 1. The minimum Gasteiger partial charge on any atom is -0.481 e. The summed E-state index contributed by atoms with van der Waals surface area (Å²) in [7, 11) is 0. The minimum atomic E-state index is -1.58. The van der Waals surface area contributed by atoms with Crippen molar-refractivity contribution in [3.05, 3.63) is 34.4 Å². The lowest BCUT2D eigenvalue weighted by atomic mass is 9.87. The van der Waals surface area contributed by atoms with Crippen LogP contribution in [0.3, 0.4) is 0 Å². The van der Waals surface area contributed by atoms with Gasteiger partial charge in [0.2, 0.25) is 0 Å². The number of terminal acetylenes is 1. The van der Waals surface area contributed by atoms with E-state index in [9.17, 15) is 27.5 Å². The molecule has 0 radical (unpaired) electrons. The van der Waals surface area contributed by atoms with Crippen molar-refractivity contribution >= 4 is 5.97 Å². The molecule has 0 saturated heterocycles. The second-order valence-electron chi connectivity index (χ2n) is 6.49. The first kappa shape index (κ1) is 17.3. The summed E-state index contributed by atoms with van der Waals surface area (Å²) >= 11 is 0. The lowest BCUT2D eigenvalue weighted by Gasteiger charge is -2.18. The molecule has 0 bridgehead atoms. The Morgan fingerprint density at radius 2 is 1.52 bits per heavy atom. The quantitative estimate of drug-likeness (QED) is 0.520. The van der Waals surface area contributed by atoms with Gasteiger partial charge in [-0.05, 0) is 17.8 Å². The second-order valence-corrected chi connectivity index (χ2v) is 6.49. The fourth-order valence-corrected chi connectivity index (χ4v) is 3.46. The molecule has 1 aromatic carbocycles. The molecule has 0 amide bonds. The van der Waals surface area contributed by atoms with Crippen LogP contribution in [0.5, 0.6) is 0 Å². The predicted molar refractivity (Wildman–Crippen MR) is 75.5 cm³/mol. The molecule has 0 spiro atoms. The Bertz CT molecular complexity index is 704. The number of halogens is 4. The maximum Gasteiger partial charge on any atom is 0.310 e. The van der Waals surface area contributed by atoms with Gasteiger partial charge in [-0.3, -0.25) is 4.79 Å². The van der Waals surface area contributed by atoms with Gasteiger partial charge in [0, 0.05) is 17.5 Å². The van der Waals surface area contributed by atoms with Crippen LogP contribution in [0.1, 0.15) is 31.9 Å². The monoisotopic (exact) mass is 328 g/mol. The molecule has 0 aromatic heterocycles. The summed E-state index contributed by atoms with van der Waals surface area (Å²) < 4.78 is 56.3. The predicted octanol–water partition coefficient (Wildman–Crippen LogP) is 3.71. The van der Waals surface area contributed by atoms with Gasteiger partial charge in [-0.2, -0.15) is 0 Å². The van der Waals surface area contributed by atoms with E-state index in [1.165, 1.54) is 0 Å². The van der Waals surface area contributed by atoms with Crippen molar-refractivity contribution < 1.29 is 27.5 Å². The highest BCUT2D eigenvalue weighted by atomic mass is 19.2. The Morgan fingerprint density at radius 3 is 1.83 bits per heavy atom. The number of rotatable bonds is 4. The molecule has 2 rings (SSSR count). The third-order valence-electron chi connectivity index (χ3n) is 5.45. The first-order valence-electron chi connectivity index (χ1n) is 7.04. The normalized spacial score (nSPS) is 25.0. The van der Waals surface area contributed by atoms with Crippen LogP contribution < -0.4 is 0 Å². The van der Waals surface area contributed by atoms with Crippen LogP contribution in [0.15, 0.2) is 0 Å². The van der Waals surface area contributed by atoms with Gasteiger partial charge in [0.1, 0.15) is 0 Å². The van der Waals surface area contributed by atoms with Crippen LogP contribution in [0.4, 0.5) is 17.6 Å². The molecule has 23 heavy (non-hydrogen) atoms. The highest BCUT2D eigenvalue weighted by Crippen LogP contribution is 2.70. The van der Waals surface area contributed by atoms with E-state index in [0.717, 1.165) is 0 Å². The summed E-state index contributed by atoms with van der Waals surface area (Å²) in [5, 5.41) is 9.47. The molecule has 0 aliphatic heterocycles. The molecule has 2 nitrogen and oxygen atoms in total. The molecule has 1 unspecified atom stereocenters. The molecule has 1 aliphatic carbocycles. The smallest absolute Gasteiger partial charge is 0.310 e. The van der Waals surface area contributed by atoms with Crippen LogP contribution in [0, 0.1) is 52.4 Å². The first-order valence-corrected chi connectivity index (χ1v) is 7.04. The zero-order valence-corrected chi connectivity index (χ0v) is 12.9. The number of carbonyl (C=O) groups is 1. The Labute approximate surface area is 131 Å². The fraction of sp³-hybridized carbons (Fsp3) is 0.471. The van der Waals surface area contributed by atoms with E-state index in [1.54, 1.807) is 20.8 Å². The van der Waals surface area contributed by atoms with Crippen LogP contribution >= 0.6 is 0 Å². The summed E-state index contributed by atoms with van der Waals surface area (Å²) in [6.07, 6.45) is 3.71. The Kier molecular flexibility index (Phi) is 3.96. The molecule has 1 aromatic rings. The van der Waals surface area contributed by atoms with E-state index in [1.807, 2.05) is 5.92 Å². The zero-order valence-electron chi connectivity index (χ0n) is 12.9. The minimum absolute atomic E-state index is 0.400. The van der Waals surface area contributed by atoms with Gasteiger partial charge in [-0.15, -0.1) is 12.3 Å². The third kappa shape index (κ3) is 2.13. The third-order valence-corrected chi connectivity index (χ3v) is 5.45. The molecular weight excluding hydrogens is 312 g/mol. The van der Waals surface area contributed by atoms with E-state index < -0.39 is 70.0 Å². The topological polar surface area (TPSA) is 37.3 Å². The van der Waals surface area contributed by atoms with Crippen LogP contribution in [0.25, 0.3) is 0 Å². The number of aliphatic carboxylic acids is 1. The SMILES string of the molecule is C#CCc1c(F)c(F)c(C[C@@]2(C(=O)O)C(C)C2(C)C)c(F)c1F. The standard InChI is InChI=1S/C17H16F4O2/c1-5-6-9-11(18)13(20)10(14(21)12(9)19)7-17(15(22)23)8(2)16(17,3)4/h1,8H,6-7H2,2-4H3,(H,22,23)/t8?,17-/m0/s1. The van der Waals surface area contributed by atoms with Crippen molar-refractivity contribution in [2.75, 3.05) is 0 Å². The number of benzene rings is 1. The van der Waals surface area contributed by atoms with Gasteiger partial charge in [-0.25, -0.2) is 17.6 Å². The second kappa shape index (κ2) is 5.26. The molecule has 1 aliphatic rings. The molecular formula is C17H16F4O2. The van der Waals surface area contributed by atoms with Gasteiger partial charge in [0.25, 0.3) is 0 Å². The molecule has 0 heterocycles. The lowest BCUT2D eigenvalue weighted by Crippen LogP contribution is -2.26. The van der Waals surface area contributed by atoms with E-state index in [4.69, 9.17) is 6.42 Å². The molecule has 124 valence electrons. The molecule has 1 N–H and O–H groups in total. The summed E-state index contributed by atoms with van der Waals surface area (Å²) in [5.41, 5.74) is -3.97. The van der Waals surface area contributed by atoms with Gasteiger partial charge < -0.3 is 5.11 Å². The van der Waals surface area contributed by atoms with Crippen molar-refractivity contribution in [1.29, 1.82) is 0 Å². The maximum atomic E-state index is 14.2. The summed E-state index contributed by atoms with van der Waals surface area (Å²) in [4.78, 5) is 11.6. The molecule has 1 saturated carbocycles.